The van der Waals surface area contributed by atoms with Gasteiger partial charge in [0.05, 0.1) is 10.3 Å². The second-order valence-corrected chi connectivity index (χ2v) is 9.88. The van der Waals surface area contributed by atoms with Gasteiger partial charge in [-0.2, -0.15) is 0 Å². The molecule has 5 rings (SSSR count). The molecule has 0 amide bonds. The fraction of sp³-hybridized carbons (Fsp3) is 0.0435. The summed E-state index contributed by atoms with van der Waals surface area (Å²) in [6.07, 6.45) is 2.94. The van der Waals surface area contributed by atoms with E-state index in [1.807, 2.05) is 5.38 Å². The number of fused-ring (bicyclic) bond motifs is 1. The van der Waals surface area contributed by atoms with Crippen LogP contribution in [0.2, 0.25) is 0 Å². The third kappa shape index (κ3) is 4.43. The highest BCUT2D eigenvalue weighted by Crippen LogP contribution is 2.37. The standard InChI is InChI=1S/C23H17FN6O2S2/c1-14-10-11-25-23(28-14)30-34(31,32)18-8-6-17(7-9-18)29-21-20-19(12-33-22(20)27-13-26-21)15-2-4-16(24)5-3-15/h2-13H,1H3,(H,25,28,30)(H,26,27,29). The molecule has 2 N–H and O–H groups in total. The molecule has 0 unspecified atom stereocenters. The van der Waals surface area contributed by atoms with Crippen LogP contribution in [0.15, 0.2) is 77.4 Å². The molecule has 3 heterocycles. The van der Waals surface area contributed by atoms with Crippen molar-refractivity contribution in [2.45, 2.75) is 11.8 Å². The fourth-order valence-electron chi connectivity index (χ4n) is 3.34. The quantitative estimate of drug-likeness (QED) is 0.338. The summed E-state index contributed by atoms with van der Waals surface area (Å²) in [7, 11) is -3.85. The first-order valence-electron chi connectivity index (χ1n) is 10.1. The first-order valence-corrected chi connectivity index (χ1v) is 12.4. The largest absolute Gasteiger partial charge is 0.340 e. The minimum Gasteiger partial charge on any atom is -0.340 e. The topological polar surface area (TPSA) is 110 Å². The van der Waals surface area contributed by atoms with Gasteiger partial charge in [0.15, 0.2) is 0 Å². The highest BCUT2D eigenvalue weighted by Gasteiger charge is 2.17. The van der Waals surface area contributed by atoms with Crippen LogP contribution in [0.3, 0.4) is 0 Å². The number of anilines is 3. The maximum atomic E-state index is 13.4. The monoisotopic (exact) mass is 492 g/mol. The van der Waals surface area contributed by atoms with Gasteiger partial charge in [-0.3, -0.25) is 0 Å². The van der Waals surface area contributed by atoms with E-state index in [1.165, 1.54) is 48.1 Å². The molecule has 0 saturated heterocycles. The van der Waals surface area contributed by atoms with Crippen LogP contribution in [-0.2, 0) is 10.0 Å². The molecule has 5 aromatic rings. The molecule has 0 saturated carbocycles. The Bertz CT molecular complexity index is 1590. The van der Waals surface area contributed by atoms with Crippen molar-refractivity contribution in [2.75, 3.05) is 10.0 Å². The van der Waals surface area contributed by atoms with E-state index < -0.39 is 10.0 Å². The Labute approximate surface area is 198 Å². The van der Waals surface area contributed by atoms with E-state index in [9.17, 15) is 12.8 Å². The number of aryl methyl sites for hydroxylation is 1. The second-order valence-electron chi connectivity index (χ2n) is 7.34. The number of benzene rings is 2. The van der Waals surface area contributed by atoms with E-state index >= 15 is 0 Å². The average molecular weight is 493 g/mol. The Balaban J connectivity index is 1.42. The Morgan fingerprint density at radius 3 is 2.44 bits per heavy atom. The molecule has 170 valence electrons. The van der Waals surface area contributed by atoms with E-state index in [2.05, 4.69) is 30.0 Å². The van der Waals surface area contributed by atoms with E-state index in [0.29, 0.717) is 17.2 Å². The van der Waals surface area contributed by atoms with Gasteiger partial charge in [-0.25, -0.2) is 37.5 Å². The molecule has 0 fully saturated rings. The number of halogens is 1. The van der Waals surface area contributed by atoms with Gasteiger partial charge in [0.25, 0.3) is 10.0 Å². The zero-order chi connectivity index (χ0) is 23.7. The summed E-state index contributed by atoms with van der Waals surface area (Å²) in [5, 5.41) is 5.98. The summed E-state index contributed by atoms with van der Waals surface area (Å²) in [5.41, 5.74) is 3.01. The average Bonchev–Trinajstić information content (AvgIpc) is 3.25. The number of nitrogens with one attached hydrogen (secondary N) is 2. The molecule has 34 heavy (non-hydrogen) atoms. The Kier molecular flexibility index (Phi) is 5.64. The van der Waals surface area contributed by atoms with Crippen molar-refractivity contribution in [2.24, 2.45) is 0 Å². The maximum Gasteiger partial charge on any atom is 0.264 e. The third-order valence-corrected chi connectivity index (χ3v) is 7.20. The van der Waals surface area contributed by atoms with Gasteiger partial charge in [0.1, 0.15) is 22.8 Å². The minimum atomic E-state index is -3.85. The summed E-state index contributed by atoms with van der Waals surface area (Å²) in [4.78, 5) is 17.6. The SMILES string of the molecule is Cc1ccnc(NS(=O)(=O)c2ccc(Nc3ncnc4scc(-c5ccc(F)cc5)c34)cc2)n1. The van der Waals surface area contributed by atoms with Gasteiger partial charge in [0, 0.05) is 28.5 Å². The van der Waals surface area contributed by atoms with Crippen LogP contribution >= 0.6 is 11.3 Å². The number of rotatable bonds is 6. The van der Waals surface area contributed by atoms with Crippen molar-refractivity contribution in [3.8, 4) is 11.1 Å². The highest BCUT2D eigenvalue weighted by molar-refractivity contribution is 7.92. The maximum absolute atomic E-state index is 13.4. The first-order chi connectivity index (χ1) is 16.4. The molecule has 0 aliphatic carbocycles. The minimum absolute atomic E-state index is 0.0105. The van der Waals surface area contributed by atoms with Gasteiger partial charge in [-0.05, 0) is 55.0 Å². The van der Waals surface area contributed by atoms with Gasteiger partial charge in [-0.1, -0.05) is 12.1 Å². The molecule has 2 aromatic carbocycles. The van der Waals surface area contributed by atoms with Crippen molar-refractivity contribution < 1.29 is 12.8 Å². The lowest BCUT2D eigenvalue weighted by atomic mass is 10.1. The van der Waals surface area contributed by atoms with Crippen LogP contribution < -0.4 is 10.0 Å². The van der Waals surface area contributed by atoms with E-state index in [4.69, 9.17) is 0 Å². The lowest BCUT2D eigenvalue weighted by Gasteiger charge is -2.10. The van der Waals surface area contributed by atoms with E-state index in [1.54, 1.807) is 37.3 Å². The van der Waals surface area contributed by atoms with Gasteiger partial charge in [0.2, 0.25) is 5.95 Å². The van der Waals surface area contributed by atoms with E-state index in [0.717, 1.165) is 21.3 Å². The van der Waals surface area contributed by atoms with Gasteiger partial charge >= 0.3 is 0 Å². The zero-order valence-electron chi connectivity index (χ0n) is 17.7. The molecule has 8 nitrogen and oxygen atoms in total. The van der Waals surface area contributed by atoms with Crippen molar-refractivity contribution in [3.05, 3.63) is 84.0 Å². The zero-order valence-corrected chi connectivity index (χ0v) is 19.4. The van der Waals surface area contributed by atoms with Gasteiger partial charge < -0.3 is 5.32 Å². The molecule has 11 heteroatoms. The summed E-state index contributed by atoms with van der Waals surface area (Å²) < 4.78 is 41.1. The van der Waals surface area contributed by atoms with Gasteiger partial charge in [-0.15, -0.1) is 11.3 Å². The molecular weight excluding hydrogens is 475 g/mol. The Morgan fingerprint density at radius 1 is 0.941 bits per heavy atom. The molecule has 0 bridgehead atoms. The number of thiophene rings is 1. The summed E-state index contributed by atoms with van der Waals surface area (Å²) in [6, 6.07) is 14.1. The highest BCUT2D eigenvalue weighted by atomic mass is 32.2. The van der Waals surface area contributed by atoms with Crippen molar-refractivity contribution in [1.82, 2.24) is 19.9 Å². The van der Waals surface area contributed by atoms with E-state index in [-0.39, 0.29) is 16.7 Å². The number of nitrogens with zero attached hydrogens (tertiary/aromatic N) is 4. The van der Waals surface area contributed by atoms with Crippen LogP contribution in [0.1, 0.15) is 5.69 Å². The normalized spacial score (nSPS) is 11.5. The number of sulfonamides is 1. The second kappa shape index (κ2) is 8.76. The summed E-state index contributed by atoms with van der Waals surface area (Å²) >= 11 is 1.46. The molecule has 0 radical (unpaired) electrons. The number of hydrogen-bond acceptors (Lipinski definition) is 8. The molecule has 0 aliphatic heterocycles. The van der Waals surface area contributed by atoms with Crippen molar-refractivity contribution >= 4 is 49.0 Å². The number of aromatic nitrogens is 4. The third-order valence-electron chi connectivity index (χ3n) is 4.97. The molecular formula is C23H17FN6O2S2. The lowest BCUT2D eigenvalue weighted by molar-refractivity contribution is 0.601. The predicted molar refractivity (Wildman–Crippen MR) is 130 cm³/mol. The smallest absolute Gasteiger partial charge is 0.264 e. The Hall–Kier alpha value is -3.96. The first kappa shape index (κ1) is 21.9. The van der Waals surface area contributed by atoms with Crippen molar-refractivity contribution in [3.63, 3.8) is 0 Å². The van der Waals surface area contributed by atoms with Crippen LogP contribution in [-0.4, -0.2) is 28.4 Å². The van der Waals surface area contributed by atoms with Crippen LogP contribution in [0.25, 0.3) is 21.3 Å². The lowest BCUT2D eigenvalue weighted by Crippen LogP contribution is -2.15. The Morgan fingerprint density at radius 2 is 1.71 bits per heavy atom. The molecule has 0 atom stereocenters. The molecule has 0 aliphatic rings. The fourth-order valence-corrected chi connectivity index (χ4v) is 5.21. The summed E-state index contributed by atoms with van der Waals surface area (Å²) in [6.45, 7) is 1.75. The molecule has 0 spiro atoms. The summed E-state index contributed by atoms with van der Waals surface area (Å²) in [5.74, 6) is 0.264. The molecule has 3 aromatic heterocycles. The van der Waals surface area contributed by atoms with Crippen molar-refractivity contribution in [1.29, 1.82) is 0 Å². The van der Waals surface area contributed by atoms with Crippen LogP contribution in [0.4, 0.5) is 21.8 Å². The predicted octanol–water partition coefficient (Wildman–Crippen LogP) is 5.14. The number of hydrogen-bond donors (Lipinski definition) is 2. The van der Waals surface area contributed by atoms with Crippen LogP contribution in [0, 0.1) is 12.7 Å². The van der Waals surface area contributed by atoms with Crippen LogP contribution in [0.5, 0.6) is 0 Å².